The minimum atomic E-state index is 0.929. The van der Waals surface area contributed by atoms with E-state index in [0.717, 1.165) is 5.92 Å². The highest BCUT2D eigenvalue weighted by molar-refractivity contribution is 5.39. The topological polar surface area (TPSA) is 0 Å². The number of unbranched alkanes of at least 4 members (excludes halogenated alkanes) is 1. The fourth-order valence-electron chi connectivity index (χ4n) is 2.49. The lowest BCUT2D eigenvalue weighted by Crippen LogP contribution is -1.96. The lowest BCUT2D eigenvalue weighted by Gasteiger charge is -2.10. The van der Waals surface area contributed by atoms with Crippen LogP contribution in [0.4, 0.5) is 0 Å². The van der Waals surface area contributed by atoms with E-state index < -0.39 is 0 Å². The van der Waals surface area contributed by atoms with Gasteiger partial charge in [0, 0.05) is 0 Å². The smallest absolute Gasteiger partial charge is 0.0130 e. The summed E-state index contributed by atoms with van der Waals surface area (Å²) in [4.78, 5) is 0. The van der Waals surface area contributed by atoms with Gasteiger partial charge in [-0.3, -0.25) is 0 Å². The Hall–Kier alpha value is -0.520. The van der Waals surface area contributed by atoms with E-state index >= 15 is 0 Å². The van der Waals surface area contributed by atoms with Crippen molar-refractivity contribution < 1.29 is 0 Å². The molecule has 0 spiro atoms. The molecule has 2 aliphatic carbocycles. The summed E-state index contributed by atoms with van der Waals surface area (Å²) in [6.45, 7) is 2.29. The molecule has 0 aromatic heterocycles. The molecule has 0 amide bonds. The summed E-state index contributed by atoms with van der Waals surface area (Å²) in [5, 5.41) is 0. The third kappa shape index (κ3) is 1.35. The van der Waals surface area contributed by atoms with Gasteiger partial charge in [-0.1, -0.05) is 37.5 Å². The molecule has 0 saturated heterocycles. The second-order valence-corrected chi connectivity index (χ2v) is 4.04. The number of hydrogen-bond donors (Lipinski definition) is 0. The Kier molecular flexibility index (Phi) is 2.34. The second-order valence-electron chi connectivity index (χ2n) is 4.04. The highest BCUT2D eigenvalue weighted by Crippen LogP contribution is 2.40. The fraction of sp³-hybridized carbons (Fsp3) is 0.667. The molecule has 12 heavy (non-hydrogen) atoms. The summed E-state index contributed by atoms with van der Waals surface area (Å²) in [5.74, 6) is 0.929. The summed E-state index contributed by atoms with van der Waals surface area (Å²) in [6.07, 6.45) is 13.0. The highest BCUT2D eigenvalue weighted by Gasteiger charge is 2.24. The quantitative estimate of drug-likeness (QED) is 0.591. The van der Waals surface area contributed by atoms with Crippen molar-refractivity contribution in [1.29, 1.82) is 0 Å². The molecule has 1 unspecified atom stereocenters. The Labute approximate surface area is 75.4 Å². The molecule has 0 radical (unpaired) electrons. The largest absolute Gasteiger partial charge is 0.0802 e. The van der Waals surface area contributed by atoms with Crippen LogP contribution in [0.15, 0.2) is 23.3 Å². The van der Waals surface area contributed by atoms with Crippen molar-refractivity contribution in [3.8, 4) is 0 Å². The average molecular weight is 162 g/mol. The zero-order valence-electron chi connectivity index (χ0n) is 7.97. The molecular formula is C12H18. The highest BCUT2D eigenvalue weighted by atomic mass is 14.3. The monoisotopic (exact) mass is 162 g/mol. The van der Waals surface area contributed by atoms with E-state index in [0.29, 0.717) is 0 Å². The average Bonchev–Trinajstić information content (AvgIpc) is 2.62. The van der Waals surface area contributed by atoms with Crippen LogP contribution in [0.25, 0.3) is 0 Å². The van der Waals surface area contributed by atoms with E-state index in [2.05, 4.69) is 19.1 Å². The zero-order chi connectivity index (χ0) is 8.39. The number of rotatable bonds is 3. The first-order valence-corrected chi connectivity index (χ1v) is 5.30. The Morgan fingerprint density at radius 1 is 1.50 bits per heavy atom. The molecule has 0 aliphatic heterocycles. The zero-order valence-corrected chi connectivity index (χ0v) is 7.97. The predicted molar refractivity (Wildman–Crippen MR) is 53.0 cm³/mol. The first-order valence-electron chi connectivity index (χ1n) is 5.30. The van der Waals surface area contributed by atoms with E-state index in [1.54, 1.807) is 11.1 Å². The number of hydrogen-bond acceptors (Lipinski definition) is 0. The lowest BCUT2D eigenvalue weighted by atomic mass is 9.95. The molecule has 0 N–H and O–H groups in total. The molecule has 0 aromatic carbocycles. The molecule has 0 aromatic rings. The Morgan fingerprint density at radius 2 is 2.42 bits per heavy atom. The standard InChI is InChI=1S/C12H18/c1-2-3-5-10-8-9-11-6-4-7-12(10)11/h4,7,10H,2-3,5-6,8-9H2,1H3. The van der Waals surface area contributed by atoms with Gasteiger partial charge in [0.25, 0.3) is 0 Å². The molecule has 0 bridgehead atoms. The molecule has 0 heteroatoms. The molecule has 66 valence electrons. The minimum absolute atomic E-state index is 0.929. The van der Waals surface area contributed by atoms with Crippen molar-refractivity contribution in [3.63, 3.8) is 0 Å². The van der Waals surface area contributed by atoms with Crippen molar-refractivity contribution in [1.82, 2.24) is 0 Å². The van der Waals surface area contributed by atoms with Crippen LogP contribution in [0, 0.1) is 5.92 Å². The maximum atomic E-state index is 2.38. The van der Waals surface area contributed by atoms with Gasteiger partial charge in [0.05, 0.1) is 0 Å². The van der Waals surface area contributed by atoms with Gasteiger partial charge in [-0.2, -0.15) is 0 Å². The van der Waals surface area contributed by atoms with Crippen LogP contribution in [0.5, 0.6) is 0 Å². The van der Waals surface area contributed by atoms with Crippen molar-refractivity contribution in [3.05, 3.63) is 23.3 Å². The Morgan fingerprint density at radius 3 is 3.25 bits per heavy atom. The van der Waals surface area contributed by atoms with Crippen LogP contribution in [0.2, 0.25) is 0 Å². The van der Waals surface area contributed by atoms with Crippen LogP contribution in [-0.2, 0) is 0 Å². The van der Waals surface area contributed by atoms with Crippen LogP contribution in [0.3, 0.4) is 0 Å². The first kappa shape index (κ1) is 8.10. The molecule has 2 rings (SSSR count). The van der Waals surface area contributed by atoms with Crippen molar-refractivity contribution in [2.24, 2.45) is 5.92 Å². The van der Waals surface area contributed by atoms with E-state index in [1.165, 1.54) is 38.5 Å². The third-order valence-corrected chi connectivity index (χ3v) is 3.21. The van der Waals surface area contributed by atoms with Crippen LogP contribution < -0.4 is 0 Å². The van der Waals surface area contributed by atoms with Crippen LogP contribution in [0.1, 0.15) is 45.4 Å². The van der Waals surface area contributed by atoms with Gasteiger partial charge in [0.1, 0.15) is 0 Å². The molecule has 0 fully saturated rings. The minimum Gasteiger partial charge on any atom is -0.0802 e. The van der Waals surface area contributed by atoms with Gasteiger partial charge in [-0.05, 0) is 37.2 Å². The fourth-order valence-corrected chi connectivity index (χ4v) is 2.49. The van der Waals surface area contributed by atoms with Gasteiger partial charge in [-0.25, -0.2) is 0 Å². The Balaban J connectivity index is 1.96. The molecule has 0 saturated carbocycles. The summed E-state index contributed by atoms with van der Waals surface area (Å²) in [5.41, 5.74) is 3.46. The van der Waals surface area contributed by atoms with Crippen LogP contribution >= 0.6 is 0 Å². The van der Waals surface area contributed by atoms with Crippen molar-refractivity contribution in [2.45, 2.75) is 45.4 Å². The second kappa shape index (κ2) is 3.47. The lowest BCUT2D eigenvalue weighted by molar-refractivity contribution is 0.531. The summed E-state index contributed by atoms with van der Waals surface area (Å²) in [7, 11) is 0. The Bertz CT molecular complexity index is 220. The molecular weight excluding hydrogens is 144 g/mol. The van der Waals surface area contributed by atoms with Gasteiger partial charge in [0.2, 0.25) is 0 Å². The predicted octanol–water partition coefficient (Wildman–Crippen LogP) is 3.84. The van der Waals surface area contributed by atoms with Crippen LogP contribution in [-0.4, -0.2) is 0 Å². The van der Waals surface area contributed by atoms with Crippen molar-refractivity contribution in [2.75, 3.05) is 0 Å². The van der Waals surface area contributed by atoms with Gasteiger partial charge >= 0.3 is 0 Å². The number of allylic oxidation sites excluding steroid dienone is 4. The van der Waals surface area contributed by atoms with E-state index in [1.807, 2.05) is 0 Å². The third-order valence-electron chi connectivity index (χ3n) is 3.21. The first-order chi connectivity index (χ1) is 5.92. The summed E-state index contributed by atoms with van der Waals surface area (Å²) in [6, 6.07) is 0. The van der Waals surface area contributed by atoms with E-state index in [4.69, 9.17) is 0 Å². The normalized spacial score (nSPS) is 26.9. The summed E-state index contributed by atoms with van der Waals surface area (Å²) >= 11 is 0. The molecule has 0 heterocycles. The maximum Gasteiger partial charge on any atom is -0.0130 e. The van der Waals surface area contributed by atoms with Gasteiger partial charge in [-0.15, -0.1) is 0 Å². The van der Waals surface area contributed by atoms with E-state index in [-0.39, 0.29) is 0 Å². The van der Waals surface area contributed by atoms with E-state index in [9.17, 15) is 0 Å². The van der Waals surface area contributed by atoms with Gasteiger partial charge < -0.3 is 0 Å². The molecule has 2 aliphatic rings. The molecule has 1 atom stereocenters. The molecule has 0 nitrogen and oxygen atoms in total. The van der Waals surface area contributed by atoms with Gasteiger partial charge in [0.15, 0.2) is 0 Å². The van der Waals surface area contributed by atoms with Crippen molar-refractivity contribution >= 4 is 0 Å². The SMILES string of the molecule is CCCCC1CCC2=C1C=CC2. The maximum absolute atomic E-state index is 2.38. The summed E-state index contributed by atoms with van der Waals surface area (Å²) < 4.78 is 0.